The Kier molecular flexibility index (Phi) is 7.19. The predicted molar refractivity (Wildman–Crippen MR) is 90.6 cm³/mol. The molecule has 1 atom stereocenters. The summed E-state index contributed by atoms with van der Waals surface area (Å²) in [5.41, 5.74) is -2.99. The summed E-state index contributed by atoms with van der Waals surface area (Å²) in [5.74, 6) is -1.70. The number of hydrogen-bond acceptors (Lipinski definition) is 5. The van der Waals surface area contributed by atoms with E-state index >= 15 is 0 Å². The summed E-state index contributed by atoms with van der Waals surface area (Å²) in [4.78, 5) is 27.6. The second-order valence-corrected chi connectivity index (χ2v) is 7.76. The topological polar surface area (TPSA) is 101 Å². The van der Waals surface area contributed by atoms with Gasteiger partial charge >= 0.3 is 5.97 Å². The fourth-order valence-electron chi connectivity index (χ4n) is 3.08. The molecule has 1 rings (SSSR count). The minimum Gasteiger partial charge on any atom is -0.479 e. The normalized spacial score (nSPS) is 19.4. The van der Waals surface area contributed by atoms with Crippen LogP contribution < -0.4 is 0 Å². The number of rotatable bonds is 8. The number of likely N-dealkylation sites (tertiary alicyclic amines) is 1. The van der Waals surface area contributed by atoms with E-state index < -0.39 is 23.6 Å². The number of hydrogen-bond donors (Lipinski definition) is 3. The first-order valence-electron chi connectivity index (χ1n) is 8.57. The Morgan fingerprint density at radius 3 is 2.08 bits per heavy atom. The van der Waals surface area contributed by atoms with Crippen LogP contribution in [-0.2, 0) is 9.59 Å². The number of carboxylic acids is 1. The molecule has 0 aliphatic carbocycles. The van der Waals surface area contributed by atoms with Crippen LogP contribution in [0.25, 0.3) is 0 Å². The summed E-state index contributed by atoms with van der Waals surface area (Å²) in [5, 5.41) is 29.4. The summed E-state index contributed by atoms with van der Waals surface area (Å²) in [6.07, 6.45) is 1.94. The quantitative estimate of drug-likeness (QED) is 0.599. The van der Waals surface area contributed by atoms with Crippen molar-refractivity contribution in [1.29, 1.82) is 0 Å². The van der Waals surface area contributed by atoms with Gasteiger partial charge in [0.1, 0.15) is 0 Å². The highest BCUT2D eigenvalue weighted by Crippen LogP contribution is 2.24. The predicted octanol–water partition coefficient (Wildman–Crippen LogP) is 0.686. The maximum atomic E-state index is 12.4. The van der Waals surface area contributed by atoms with Crippen LogP contribution in [0.5, 0.6) is 0 Å². The van der Waals surface area contributed by atoms with Gasteiger partial charge in [-0.1, -0.05) is 0 Å². The molecule has 0 aromatic rings. The van der Waals surface area contributed by atoms with Crippen molar-refractivity contribution < 1.29 is 24.9 Å². The Labute approximate surface area is 144 Å². The Hall–Kier alpha value is -1.18. The van der Waals surface area contributed by atoms with E-state index in [1.165, 1.54) is 0 Å². The minimum atomic E-state index is -2.07. The molecule has 3 N–H and O–H groups in total. The Morgan fingerprint density at radius 2 is 1.67 bits per heavy atom. The molecule has 0 saturated carbocycles. The molecule has 7 nitrogen and oxygen atoms in total. The zero-order valence-electron chi connectivity index (χ0n) is 15.3. The first kappa shape index (κ1) is 20.9. The first-order chi connectivity index (χ1) is 10.9. The molecule has 0 spiro atoms. The molecule has 1 amide bonds. The van der Waals surface area contributed by atoms with E-state index in [-0.39, 0.29) is 12.3 Å². The van der Waals surface area contributed by atoms with Crippen LogP contribution in [0.1, 0.15) is 52.4 Å². The molecule has 140 valence electrons. The van der Waals surface area contributed by atoms with Crippen molar-refractivity contribution in [3.8, 4) is 0 Å². The monoisotopic (exact) mass is 344 g/mol. The molecule has 1 aliphatic rings. The lowest BCUT2D eigenvalue weighted by Gasteiger charge is -2.36. The number of aliphatic carboxylic acids is 1. The van der Waals surface area contributed by atoms with E-state index in [0.717, 1.165) is 12.8 Å². The minimum absolute atomic E-state index is 0.0494. The lowest BCUT2D eigenvalue weighted by Crippen LogP contribution is -2.49. The van der Waals surface area contributed by atoms with Gasteiger partial charge < -0.3 is 25.1 Å². The van der Waals surface area contributed by atoms with Crippen molar-refractivity contribution >= 4 is 11.9 Å². The highest BCUT2D eigenvalue weighted by Gasteiger charge is 2.40. The Balaban J connectivity index is 2.58. The van der Waals surface area contributed by atoms with Gasteiger partial charge in [-0.2, -0.15) is 0 Å². The second-order valence-electron chi connectivity index (χ2n) is 7.76. The molecular formula is C17H32N2O5. The molecule has 0 aromatic carbocycles. The number of carbonyl (C=O) groups is 2. The molecular weight excluding hydrogens is 312 g/mol. The number of nitrogens with zero attached hydrogens (tertiary/aromatic N) is 2. The van der Waals surface area contributed by atoms with Crippen LogP contribution in [0.3, 0.4) is 0 Å². The van der Waals surface area contributed by atoms with Crippen molar-refractivity contribution in [2.75, 3.05) is 27.2 Å². The van der Waals surface area contributed by atoms with Crippen LogP contribution in [0.2, 0.25) is 0 Å². The van der Waals surface area contributed by atoms with Gasteiger partial charge in [-0.3, -0.25) is 4.79 Å². The van der Waals surface area contributed by atoms with Gasteiger partial charge in [-0.15, -0.1) is 0 Å². The maximum absolute atomic E-state index is 12.4. The molecule has 24 heavy (non-hydrogen) atoms. The summed E-state index contributed by atoms with van der Waals surface area (Å²) >= 11 is 0. The SMILES string of the molecule is CN(C)C1CCN(C(=O)C[C@](O)(CCCC(C)(C)O)C(=O)O)CC1. The van der Waals surface area contributed by atoms with E-state index in [1.54, 1.807) is 18.7 Å². The number of carboxylic acid groups (broad SMARTS) is 1. The molecule has 0 unspecified atom stereocenters. The Morgan fingerprint density at radius 1 is 1.12 bits per heavy atom. The van der Waals surface area contributed by atoms with E-state index in [0.29, 0.717) is 32.0 Å². The van der Waals surface area contributed by atoms with Crippen molar-refractivity contribution in [3.05, 3.63) is 0 Å². The lowest BCUT2D eigenvalue weighted by molar-refractivity contribution is -0.165. The molecule has 1 saturated heterocycles. The molecule has 1 aliphatic heterocycles. The number of piperidine rings is 1. The van der Waals surface area contributed by atoms with E-state index in [2.05, 4.69) is 4.90 Å². The van der Waals surface area contributed by atoms with Crippen molar-refractivity contribution in [2.24, 2.45) is 0 Å². The Bertz CT molecular complexity index is 439. The maximum Gasteiger partial charge on any atom is 0.336 e. The van der Waals surface area contributed by atoms with Crippen molar-refractivity contribution in [3.63, 3.8) is 0 Å². The van der Waals surface area contributed by atoms with Gasteiger partial charge in [0.25, 0.3) is 0 Å². The number of aliphatic hydroxyl groups is 2. The van der Waals surface area contributed by atoms with Crippen molar-refractivity contribution in [1.82, 2.24) is 9.80 Å². The summed E-state index contributed by atoms with van der Waals surface area (Å²) < 4.78 is 0. The van der Waals surface area contributed by atoms with Crippen LogP contribution in [-0.4, -0.2) is 81.4 Å². The third-order valence-electron chi connectivity index (χ3n) is 4.77. The van der Waals surface area contributed by atoms with Crippen LogP contribution in [0.15, 0.2) is 0 Å². The van der Waals surface area contributed by atoms with Gasteiger partial charge in [0, 0.05) is 19.1 Å². The average molecular weight is 344 g/mol. The fraction of sp³-hybridized carbons (Fsp3) is 0.882. The lowest BCUT2D eigenvalue weighted by atomic mass is 9.89. The zero-order valence-corrected chi connectivity index (χ0v) is 15.3. The molecule has 0 aromatic heterocycles. The van der Waals surface area contributed by atoms with Crippen molar-refractivity contribution in [2.45, 2.75) is 69.6 Å². The molecule has 0 bridgehead atoms. The van der Waals surface area contributed by atoms with Crippen LogP contribution >= 0.6 is 0 Å². The molecule has 0 radical (unpaired) electrons. The zero-order chi connectivity index (χ0) is 18.5. The summed E-state index contributed by atoms with van der Waals surface area (Å²) in [6.45, 7) is 4.43. The molecule has 7 heteroatoms. The highest BCUT2D eigenvalue weighted by molar-refractivity contribution is 5.86. The number of carbonyl (C=O) groups excluding carboxylic acids is 1. The van der Waals surface area contributed by atoms with Gasteiger partial charge in [-0.25, -0.2) is 4.79 Å². The van der Waals surface area contributed by atoms with Gasteiger partial charge in [0.2, 0.25) is 5.91 Å². The van der Waals surface area contributed by atoms with Gasteiger partial charge in [-0.05, 0) is 60.0 Å². The third kappa shape index (κ3) is 6.37. The van der Waals surface area contributed by atoms with E-state index in [9.17, 15) is 24.9 Å². The smallest absolute Gasteiger partial charge is 0.336 e. The summed E-state index contributed by atoms with van der Waals surface area (Å²) in [7, 11) is 4.02. The number of amides is 1. The third-order valence-corrected chi connectivity index (χ3v) is 4.77. The highest BCUT2D eigenvalue weighted by atomic mass is 16.4. The fourth-order valence-corrected chi connectivity index (χ4v) is 3.08. The first-order valence-corrected chi connectivity index (χ1v) is 8.57. The summed E-state index contributed by atoms with van der Waals surface area (Å²) in [6, 6.07) is 0.430. The van der Waals surface area contributed by atoms with Crippen LogP contribution in [0.4, 0.5) is 0 Å². The van der Waals surface area contributed by atoms with Gasteiger partial charge in [0.15, 0.2) is 5.60 Å². The largest absolute Gasteiger partial charge is 0.479 e. The van der Waals surface area contributed by atoms with Gasteiger partial charge in [0.05, 0.1) is 12.0 Å². The second kappa shape index (κ2) is 8.27. The molecule has 1 heterocycles. The average Bonchev–Trinajstić information content (AvgIpc) is 2.45. The standard InChI is InChI=1S/C17H32N2O5/c1-16(2,23)8-5-9-17(24,15(21)22)12-14(20)19-10-6-13(7-11-19)18(3)4/h13,23-24H,5-12H2,1-4H3,(H,21,22)/t17-/m1/s1. The van der Waals surface area contributed by atoms with E-state index in [4.69, 9.17) is 0 Å². The molecule has 1 fully saturated rings. The van der Waals surface area contributed by atoms with Crippen LogP contribution in [0, 0.1) is 0 Å². The van der Waals surface area contributed by atoms with E-state index in [1.807, 2.05) is 14.1 Å².